The Balaban J connectivity index is 0.000000269. The molecule has 0 fully saturated rings. The first-order chi connectivity index (χ1) is 12.2. The van der Waals surface area contributed by atoms with Crippen LogP contribution in [0.25, 0.3) is 6.08 Å². The van der Waals surface area contributed by atoms with E-state index in [0.717, 1.165) is 22.8 Å². The van der Waals surface area contributed by atoms with Crippen molar-refractivity contribution in [3.8, 4) is 0 Å². The Morgan fingerprint density at radius 1 is 0.920 bits per heavy atom. The van der Waals surface area contributed by atoms with Gasteiger partial charge in [0, 0.05) is 18.4 Å². The Morgan fingerprint density at radius 3 is 2.08 bits per heavy atom. The van der Waals surface area contributed by atoms with Crippen LogP contribution >= 0.6 is 12.6 Å². The van der Waals surface area contributed by atoms with Gasteiger partial charge in [-0.3, -0.25) is 0 Å². The summed E-state index contributed by atoms with van der Waals surface area (Å²) in [7, 11) is 1.89. The lowest BCUT2D eigenvalue weighted by Crippen LogP contribution is -2.00. The molecule has 0 saturated carbocycles. The Hall–Kier alpha value is -2.52. The third-order valence-electron chi connectivity index (χ3n) is 3.58. The molecule has 1 heterocycles. The van der Waals surface area contributed by atoms with Gasteiger partial charge in [0.1, 0.15) is 5.82 Å². The predicted molar refractivity (Wildman–Crippen MR) is 111 cm³/mol. The van der Waals surface area contributed by atoms with Crippen molar-refractivity contribution in [3.63, 3.8) is 0 Å². The van der Waals surface area contributed by atoms with Gasteiger partial charge in [0.15, 0.2) is 0 Å². The van der Waals surface area contributed by atoms with E-state index >= 15 is 0 Å². The topological polar surface area (TPSA) is 24.9 Å². The summed E-state index contributed by atoms with van der Waals surface area (Å²) in [5, 5.41) is 3.09. The molecule has 3 rings (SSSR count). The van der Waals surface area contributed by atoms with Crippen LogP contribution in [-0.4, -0.2) is 12.0 Å². The first-order valence-corrected chi connectivity index (χ1v) is 8.76. The maximum atomic E-state index is 4.64. The molecule has 0 unspecified atom stereocenters. The van der Waals surface area contributed by atoms with Gasteiger partial charge in [0.05, 0.1) is 5.69 Å². The van der Waals surface area contributed by atoms with E-state index in [9.17, 15) is 0 Å². The van der Waals surface area contributed by atoms with Gasteiger partial charge in [0.2, 0.25) is 0 Å². The number of aromatic nitrogens is 1. The Morgan fingerprint density at radius 2 is 1.56 bits per heavy atom. The molecule has 0 radical (unpaired) electrons. The molecule has 25 heavy (non-hydrogen) atoms. The van der Waals surface area contributed by atoms with Gasteiger partial charge in [0.25, 0.3) is 0 Å². The summed E-state index contributed by atoms with van der Waals surface area (Å²) >= 11 is 4.08. The van der Waals surface area contributed by atoms with E-state index < -0.39 is 0 Å². The quantitative estimate of drug-likeness (QED) is 0.589. The number of nitrogens with one attached hydrogen (secondary N) is 1. The summed E-state index contributed by atoms with van der Waals surface area (Å²) in [6.45, 7) is 2.03. The molecule has 0 amide bonds. The molecule has 2 nitrogen and oxygen atoms in total. The second-order valence-electron chi connectivity index (χ2n) is 5.48. The molecule has 1 N–H and O–H groups in total. The zero-order chi connectivity index (χ0) is 17.9. The number of nitrogens with zero attached hydrogens (tertiary/aromatic N) is 1. The number of allylic oxidation sites excluding steroid dienone is 1. The molecule has 0 aliphatic carbocycles. The SMILES string of the molecule is C/C=C/c1ccc(NC)nc1Cc1ccccc1.Sc1ccccc1. The second-order valence-corrected chi connectivity index (χ2v) is 6.00. The van der Waals surface area contributed by atoms with Crippen LogP contribution in [0, 0.1) is 0 Å². The van der Waals surface area contributed by atoms with Crippen molar-refractivity contribution in [2.75, 3.05) is 12.4 Å². The summed E-state index contributed by atoms with van der Waals surface area (Å²) in [5.74, 6) is 0.911. The highest BCUT2D eigenvalue weighted by molar-refractivity contribution is 7.80. The predicted octanol–water partition coefficient (Wildman–Crippen LogP) is 5.72. The largest absolute Gasteiger partial charge is 0.373 e. The lowest BCUT2D eigenvalue weighted by atomic mass is 10.0. The number of hydrogen-bond acceptors (Lipinski definition) is 3. The Labute approximate surface area is 156 Å². The number of anilines is 1. The van der Waals surface area contributed by atoms with E-state index in [1.807, 2.05) is 62.5 Å². The van der Waals surface area contributed by atoms with Crippen LogP contribution in [0.1, 0.15) is 23.7 Å². The molecular weight excluding hydrogens is 324 g/mol. The highest BCUT2D eigenvalue weighted by Gasteiger charge is 2.04. The summed E-state index contributed by atoms with van der Waals surface area (Å²) in [5.41, 5.74) is 3.57. The summed E-state index contributed by atoms with van der Waals surface area (Å²) in [6.07, 6.45) is 5.01. The van der Waals surface area contributed by atoms with E-state index in [1.165, 1.54) is 11.1 Å². The smallest absolute Gasteiger partial charge is 0.126 e. The zero-order valence-electron chi connectivity index (χ0n) is 14.7. The minimum Gasteiger partial charge on any atom is -0.373 e. The van der Waals surface area contributed by atoms with Gasteiger partial charge in [-0.15, -0.1) is 12.6 Å². The molecule has 0 aliphatic rings. The van der Waals surface area contributed by atoms with E-state index in [-0.39, 0.29) is 0 Å². The number of benzene rings is 2. The molecule has 0 saturated heterocycles. The summed E-state index contributed by atoms with van der Waals surface area (Å²) < 4.78 is 0. The first-order valence-electron chi connectivity index (χ1n) is 8.31. The van der Waals surface area contributed by atoms with Gasteiger partial charge < -0.3 is 5.32 Å². The highest BCUT2D eigenvalue weighted by Crippen LogP contribution is 2.16. The second kappa shape index (κ2) is 10.4. The van der Waals surface area contributed by atoms with Crippen molar-refractivity contribution < 1.29 is 0 Å². The average Bonchev–Trinajstić information content (AvgIpc) is 2.65. The third-order valence-corrected chi connectivity index (χ3v) is 3.88. The number of pyridine rings is 1. The zero-order valence-corrected chi connectivity index (χ0v) is 15.6. The number of hydrogen-bond donors (Lipinski definition) is 2. The first kappa shape index (κ1) is 18.8. The third kappa shape index (κ3) is 6.48. The maximum Gasteiger partial charge on any atom is 0.126 e. The maximum absolute atomic E-state index is 4.64. The van der Waals surface area contributed by atoms with Crippen molar-refractivity contribution in [2.45, 2.75) is 18.2 Å². The molecule has 3 heteroatoms. The molecule has 0 spiro atoms. The molecule has 128 valence electrons. The lowest BCUT2D eigenvalue weighted by Gasteiger charge is -2.08. The molecule has 2 aromatic carbocycles. The van der Waals surface area contributed by atoms with Crippen LogP contribution in [0.3, 0.4) is 0 Å². The minimum atomic E-state index is 0.857. The van der Waals surface area contributed by atoms with Gasteiger partial charge in [-0.05, 0) is 42.3 Å². The van der Waals surface area contributed by atoms with Crippen LogP contribution in [0.15, 0.2) is 83.8 Å². The highest BCUT2D eigenvalue weighted by atomic mass is 32.1. The standard InChI is InChI=1S/C16H18N2.C6H6S/c1-3-7-14-10-11-16(17-2)18-15(14)12-13-8-5-4-6-9-13;7-6-4-2-1-3-5-6/h3-11H,12H2,1-2H3,(H,17,18);1-5,7H/b7-3+;. The average molecular weight is 349 g/mol. The van der Waals surface area contributed by atoms with Crippen molar-refractivity contribution in [2.24, 2.45) is 0 Å². The summed E-state index contributed by atoms with van der Waals surface area (Å²) in [4.78, 5) is 5.66. The van der Waals surface area contributed by atoms with Crippen molar-refractivity contribution in [3.05, 3.63) is 95.7 Å². The molecule has 0 bridgehead atoms. The Kier molecular flexibility index (Phi) is 7.80. The Bertz CT molecular complexity index is 784. The van der Waals surface area contributed by atoms with E-state index in [1.54, 1.807) is 0 Å². The fourth-order valence-corrected chi connectivity index (χ4v) is 2.51. The van der Waals surface area contributed by atoms with Gasteiger partial charge in [-0.2, -0.15) is 0 Å². The van der Waals surface area contributed by atoms with Crippen LogP contribution < -0.4 is 5.32 Å². The van der Waals surface area contributed by atoms with E-state index in [2.05, 4.69) is 59.3 Å². The van der Waals surface area contributed by atoms with Crippen LogP contribution in [0.4, 0.5) is 5.82 Å². The van der Waals surface area contributed by atoms with Gasteiger partial charge in [-0.1, -0.05) is 60.7 Å². The monoisotopic (exact) mass is 348 g/mol. The van der Waals surface area contributed by atoms with E-state index in [0.29, 0.717) is 0 Å². The lowest BCUT2D eigenvalue weighted by molar-refractivity contribution is 1.06. The fourth-order valence-electron chi connectivity index (χ4n) is 2.34. The van der Waals surface area contributed by atoms with Gasteiger partial charge >= 0.3 is 0 Å². The summed E-state index contributed by atoms with van der Waals surface area (Å²) in [6, 6.07) is 24.3. The van der Waals surface area contributed by atoms with Crippen molar-refractivity contribution >= 4 is 24.5 Å². The molecular formula is C22H24N2S. The van der Waals surface area contributed by atoms with Gasteiger partial charge in [-0.25, -0.2) is 4.98 Å². The fraction of sp³-hybridized carbons (Fsp3) is 0.136. The van der Waals surface area contributed by atoms with Crippen molar-refractivity contribution in [1.29, 1.82) is 0 Å². The number of thiol groups is 1. The minimum absolute atomic E-state index is 0.857. The normalized spacial score (nSPS) is 10.2. The molecule has 3 aromatic rings. The van der Waals surface area contributed by atoms with Crippen LogP contribution in [-0.2, 0) is 6.42 Å². The molecule has 0 atom stereocenters. The molecule has 0 aliphatic heterocycles. The van der Waals surface area contributed by atoms with Crippen LogP contribution in [0.2, 0.25) is 0 Å². The van der Waals surface area contributed by atoms with Crippen molar-refractivity contribution in [1.82, 2.24) is 4.98 Å². The van der Waals surface area contributed by atoms with E-state index in [4.69, 9.17) is 0 Å². The van der Waals surface area contributed by atoms with Crippen LogP contribution in [0.5, 0.6) is 0 Å². The molecule has 1 aromatic heterocycles. The number of rotatable bonds is 4.